The summed E-state index contributed by atoms with van der Waals surface area (Å²) in [7, 11) is 0. The molecule has 3 N–H and O–H groups in total. The van der Waals surface area contributed by atoms with Gasteiger partial charge in [-0.25, -0.2) is 0 Å². The van der Waals surface area contributed by atoms with Crippen molar-refractivity contribution < 1.29 is 4.74 Å². The van der Waals surface area contributed by atoms with Crippen molar-refractivity contribution in [1.29, 1.82) is 0 Å². The van der Waals surface area contributed by atoms with Gasteiger partial charge in [0.1, 0.15) is 5.75 Å². The van der Waals surface area contributed by atoms with Gasteiger partial charge in [-0.3, -0.25) is 11.3 Å². The van der Waals surface area contributed by atoms with E-state index in [2.05, 4.69) is 31.4 Å². The van der Waals surface area contributed by atoms with Crippen LogP contribution in [-0.4, -0.2) is 6.61 Å². The molecule has 0 saturated heterocycles. The zero-order chi connectivity index (χ0) is 12.0. The van der Waals surface area contributed by atoms with Crippen molar-refractivity contribution in [2.45, 2.75) is 33.2 Å². The minimum Gasteiger partial charge on any atom is -0.494 e. The van der Waals surface area contributed by atoms with E-state index in [4.69, 9.17) is 10.6 Å². The molecule has 0 aromatic heterocycles. The molecule has 0 spiro atoms. The van der Waals surface area contributed by atoms with Crippen molar-refractivity contribution in [2.24, 2.45) is 11.8 Å². The van der Waals surface area contributed by atoms with Crippen molar-refractivity contribution in [3.63, 3.8) is 0 Å². The molecule has 1 unspecified atom stereocenters. The van der Waals surface area contributed by atoms with Gasteiger partial charge in [0.05, 0.1) is 6.61 Å². The largest absolute Gasteiger partial charge is 0.494 e. The predicted molar refractivity (Wildman–Crippen MR) is 67.1 cm³/mol. The minimum atomic E-state index is 0.218. The highest BCUT2D eigenvalue weighted by Gasteiger charge is 2.11. The maximum absolute atomic E-state index is 5.57. The Morgan fingerprint density at radius 2 is 1.88 bits per heavy atom. The fourth-order valence-corrected chi connectivity index (χ4v) is 1.73. The summed E-state index contributed by atoms with van der Waals surface area (Å²) in [4.78, 5) is 0. The molecular weight excluding hydrogens is 200 g/mol. The summed E-state index contributed by atoms with van der Waals surface area (Å²) >= 11 is 0. The molecule has 0 saturated carbocycles. The number of hydrogen-bond donors (Lipinski definition) is 2. The van der Waals surface area contributed by atoms with Gasteiger partial charge in [-0.1, -0.05) is 26.0 Å². The van der Waals surface area contributed by atoms with Gasteiger partial charge in [0.25, 0.3) is 0 Å². The monoisotopic (exact) mass is 222 g/mol. The molecular formula is C13H22N2O. The number of ether oxygens (including phenoxy) is 1. The molecule has 0 bridgehead atoms. The van der Waals surface area contributed by atoms with E-state index in [1.54, 1.807) is 0 Å². The zero-order valence-electron chi connectivity index (χ0n) is 10.4. The van der Waals surface area contributed by atoms with Crippen LogP contribution in [0.5, 0.6) is 5.75 Å². The van der Waals surface area contributed by atoms with Crippen LogP contribution in [0.1, 0.15) is 38.8 Å². The summed E-state index contributed by atoms with van der Waals surface area (Å²) in [5.41, 5.74) is 4.07. The quantitative estimate of drug-likeness (QED) is 0.574. The Kier molecular flexibility index (Phi) is 5.29. The first-order chi connectivity index (χ1) is 7.67. The van der Waals surface area contributed by atoms with Crippen LogP contribution >= 0.6 is 0 Å². The molecule has 1 aromatic carbocycles. The average molecular weight is 222 g/mol. The highest BCUT2D eigenvalue weighted by Crippen LogP contribution is 2.22. The van der Waals surface area contributed by atoms with E-state index in [-0.39, 0.29) is 6.04 Å². The van der Waals surface area contributed by atoms with E-state index in [0.29, 0.717) is 12.5 Å². The SMILES string of the molecule is CCOc1ccc(C(CC(C)C)NN)cc1. The molecule has 16 heavy (non-hydrogen) atoms. The van der Waals surface area contributed by atoms with E-state index in [0.717, 1.165) is 12.2 Å². The molecule has 0 amide bonds. The minimum absolute atomic E-state index is 0.218. The molecule has 0 aliphatic carbocycles. The lowest BCUT2D eigenvalue weighted by Gasteiger charge is -2.18. The van der Waals surface area contributed by atoms with Gasteiger partial charge in [-0.05, 0) is 37.0 Å². The third-order valence-electron chi connectivity index (χ3n) is 2.50. The summed E-state index contributed by atoms with van der Waals surface area (Å²) < 4.78 is 5.40. The summed E-state index contributed by atoms with van der Waals surface area (Å²) in [5.74, 6) is 7.10. The van der Waals surface area contributed by atoms with Crippen LogP contribution < -0.4 is 16.0 Å². The molecule has 90 valence electrons. The molecule has 0 aliphatic rings. The third-order valence-corrected chi connectivity index (χ3v) is 2.50. The molecule has 1 aromatic rings. The summed E-state index contributed by atoms with van der Waals surface area (Å²) in [6.07, 6.45) is 1.03. The Morgan fingerprint density at radius 1 is 1.25 bits per heavy atom. The van der Waals surface area contributed by atoms with E-state index >= 15 is 0 Å². The van der Waals surface area contributed by atoms with Gasteiger partial charge in [-0.15, -0.1) is 0 Å². The Balaban J connectivity index is 2.70. The number of nitrogens with two attached hydrogens (primary N) is 1. The second-order valence-corrected chi connectivity index (χ2v) is 4.35. The first-order valence-electron chi connectivity index (χ1n) is 5.86. The van der Waals surface area contributed by atoms with Gasteiger partial charge >= 0.3 is 0 Å². The number of hydrogen-bond acceptors (Lipinski definition) is 3. The number of rotatable bonds is 6. The molecule has 0 heterocycles. The van der Waals surface area contributed by atoms with Crippen molar-refractivity contribution in [2.75, 3.05) is 6.61 Å². The fraction of sp³-hybridized carbons (Fsp3) is 0.538. The maximum Gasteiger partial charge on any atom is 0.119 e. The standard InChI is InChI=1S/C13H22N2O/c1-4-16-12-7-5-11(6-8-12)13(15-14)9-10(2)3/h5-8,10,13,15H,4,9,14H2,1-3H3. The van der Waals surface area contributed by atoms with Gasteiger partial charge < -0.3 is 4.74 Å². The van der Waals surface area contributed by atoms with Gasteiger partial charge in [-0.2, -0.15) is 0 Å². The highest BCUT2D eigenvalue weighted by atomic mass is 16.5. The van der Waals surface area contributed by atoms with E-state index < -0.39 is 0 Å². The lowest BCUT2D eigenvalue weighted by molar-refractivity contribution is 0.340. The van der Waals surface area contributed by atoms with Crippen molar-refractivity contribution in [3.05, 3.63) is 29.8 Å². The van der Waals surface area contributed by atoms with E-state index in [1.807, 2.05) is 19.1 Å². The molecule has 3 nitrogen and oxygen atoms in total. The van der Waals surface area contributed by atoms with Crippen LogP contribution in [0.15, 0.2) is 24.3 Å². The van der Waals surface area contributed by atoms with Crippen LogP contribution in [0.4, 0.5) is 0 Å². The van der Waals surface area contributed by atoms with Crippen molar-refractivity contribution in [3.8, 4) is 5.75 Å². The van der Waals surface area contributed by atoms with Crippen LogP contribution in [0.3, 0.4) is 0 Å². The third kappa shape index (κ3) is 3.83. The second-order valence-electron chi connectivity index (χ2n) is 4.35. The van der Waals surface area contributed by atoms with E-state index in [1.165, 1.54) is 5.56 Å². The second kappa shape index (κ2) is 6.51. The average Bonchev–Trinajstić information content (AvgIpc) is 2.27. The predicted octanol–water partition coefficient (Wildman–Crippen LogP) is 2.64. The first kappa shape index (κ1) is 13.0. The number of hydrazine groups is 1. The molecule has 0 radical (unpaired) electrons. The highest BCUT2D eigenvalue weighted by molar-refractivity contribution is 5.29. The topological polar surface area (TPSA) is 47.3 Å². The lowest BCUT2D eigenvalue weighted by atomic mass is 9.97. The molecule has 3 heteroatoms. The summed E-state index contributed by atoms with van der Waals surface area (Å²) in [5, 5.41) is 0. The molecule has 0 aliphatic heterocycles. The van der Waals surface area contributed by atoms with Gasteiger partial charge in [0.2, 0.25) is 0 Å². The normalized spacial score (nSPS) is 12.8. The summed E-state index contributed by atoms with van der Waals surface area (Å²) in [6.45, 7) is 7.07. The smallest absolute Gasteiger partial charge is 0.119 e. The Hall–Kier alpha value is -1.06. The van der Waals surface area contributed by atoms with E-state index in [9.17, 15) is 0 Å². The van der Waals surface area contributed by atoms with Crippen LogP contribution in [0.2, 0.25) is 0 Å². The molecule has 1 atom stereocenters. The Bertz CT molecular complexity index is 295. The lowest BCUT2D eigenvalue weighted by Crippen LogP contribution is -2.29. The van der Waals surface area contributed by atoms with Crippen LogP contribution in [-0.2, 0) is 0 Å². The van der Waals surface area contributed by atoms with Crippen LogP contribution in [0.25, 0.3) is 0 Å². The van der Waals surface area contributed by atoms with Crippen molar-refractivity contribution >= 4 is 0 Å². The Morgan fingerprint density at radius 3 is 2.31 bits per heavy atom. The van der Waals surface area contributed by atoms with Crippen LogP contribution in [0, 0.1) is 5.92 Å². The number of benzene rings is 1. The zero-order valence-corrected chi connectivity index (χ0v) is 10.4. The Labute approximate surface area is 98.0 Å². The first-order valence-corrected chi connectivity index (χ1v) is 5.86. The molecule has 1 rings (SSSR count). The van der Waals surface area contributed by atoms with Gasteiger partial charge in [0.15, 0.2) is 0 Å². The van der Waals surface area contributed by atoms with Gasteiger partial charge in [0, 0.05) is 6.04 Å². The van der Waals surface area contributed by atoms with Crippen molar-refractivity contribution in [1.82, 2.24) is 5.43 Å². The summed E-state index contributed by atoms with van der Waals surface area (Å²) in [6, 6.07) is 8.33. The molecule has 0 fully saturated rings. The number of nitrogens with one attached hydrogen (secondary N) is 1. The maximum atomic E-state index is 5.57. The fourth-order valence-electron chi connectivity index (χ4n) is 1.73.